The molecule has 0 unspecified atom stereocenters. The van der Waals surface area contributed by atoms with Crippen LogP contribution in [0.15, 0.2) is 36.5 Å². The summed E-state index contributed by atoms with van der Waals surface area (Å²) in [6, 6.07) is 9.14. The minimum Gasteiger partial charge on any atom is -0.454 e. The molecule has 0 saturated heterocycles. The van der Waals surface area contributed by atoms with E-state index >= 15 is 0 Å². The van der Waals surface area contributed by atoms with Crippen LogP contribution in [0, 0.1) is 5.92 Å². The molecule has 0 spiro atoms. The van der Waals surface area contributed by atoms with Crippen molar-refractivity contribution in [2.75, 3.05) is 18.7 Å². The molecule has 25 heavy (non-hydrogen) atoms. The summed E-state index contributed by atoms with van der Waals surface area (Å²) in [5.74, 6) is 2.66. The first-order valence-electron chi connectivity index (χ1n) is 8.48. The third kappa shape index (κ3) is 4.62. The van der Waals surface area contributed by atoms with Crippen LogP contribution in [0.2, 0.25) is 0 Å². The molecule has 3 rings (SSSR count). The maximum Gasteiger partial charge on any atom is 0.251 e. The second-order valence-electron chi connectivity index (χ2n) is 6.41. The maximum absolute atomic E-state index is 12.4. The van der Waals surface area contributed by atoms with Gasteiger partial charge < -0.3 is 20.1 Å². The molecule has 0 fully saturated rings. The normalized spacial score (nSPS) is 12.3. The van der Waals surface area contributed by atoms with Crippen LogP contribution in [0.3, 0.4) is 0 Å². The van der Waals surface area contributed by atoms with Gasteiger partial charge in [0.25, 0.3) is 5.91 Å². The highest BCUT2D eigenvalue weighted by Crippen LogP contribution is 2.32. The number of carbonyl (C=O) groups is 1. The van der Waals surface area contributed by atoms with Crippen LogP contribution in [-0.2, 0) is 6.54 Å². The van der Waals surface area contributed by atoms with Crippen molar-refractivity contribution >= 4 is 11.7 Å². The van der Waals surface area contributed by atoms with Gasteiger partial charge in [0.1, 0.15) is 5.82 Å². The van der Waals surface area contributed by atoms with Crippen molar-refractivity contribution in [3.8, 4) is 11.5 Å². The van der Waals surface area contributed by atoms with E-state index < -0.39 is 0 Å². The van der Waals surface area contributed by atoms with Crippen molar-refractivity contribution in [3.63, 3.8) is 0 Å². The number of hydrogen-bond donors (Lipinski definition) is 2. The fourth-order valence-corrected chi connectivity index (χ4v) is 2.49. The Morgan fingerprint density at radius 2 is 2.04 bits per heavy atom. The molecule has 1 aliphatic rings. The standard InChI is InChI=1S/C19H23N3O3/c1-13(2)5-7-20-18-10-15(6-8-21-18)19(23)22-11-14-3-4-16-17(9-14)25-12-24-16/h3-4,6,8-10,13H,5,7,11-12H2,1-2H3,(H,20,21)(H,22,23). The minimum atomic E-state index is -0.132. The largest absolute Gasteiger partial charge is 0.454 e. The topological polar surface area (TPSA) is 72.5 Å². The Bertz CT molecular complexity index is 746. The first-order valence-corrected chi connectivity index (χ1v) is 8.48. The number of ether oxygens (including phenoxy) is 2. The molecule has 0 saturated carbocycles. The molecule has 0 bridgehead atoms. The molecule has 6 heteroatoms. The summed E-state index contributed by atoms with van der Waals surface area (Å²) >= 11 is 0. The molecule has 0 aliphatic carbocycles. The van der Waals surface area contributed by atoms with Gasteiger partial charge in [0, 0.05) is 24.8 Å². The van der Waals surface area contributed by atoms with E-state index in [9.17, 15) is 4.79 Å². The number of carbonyl (C=O) groups excluding carboxylic acids is 1. The van der Waals surface area contributed by atoms with Gasteiger partial charge in [-0.3, -0.25) is 4.79 Å². The fourth-order valence-electron chi connectivity index (χ4n) is 2.49. The predicted molar refractivity (Wildman–Crippen MR) is 95.9 cm³/mol. The smallest absolute Gasteiger partial charge is 0.251 e. The van der Waals surface area contributed by atoms with Crippen molar-refractivity contribution in [3.05, 3.63) is 47.7 Å². The highest BCUT2D eigenvalue weighted by Gasteiger charge is 2.14. The Labute approximate surface area is 147 Å². The first kappa shape index (κ1) is 17.1. The van der Waals surface area contributed by atoms with Crippen LogP contribution in [-0.4, -0.2) is 24.2 Å². The Hall–Kier alpha value is -2.76. The van der Waals surface area contributed by atoms with E-state index in [0.29, 0.717) is 23.8 Å². The maximum atomic E-state index is 12.4. The second-order valence-corrected chi connectivity index (χ2v) is 6.41. The molecule has 6 nitrogen and oxygen atoms in total. The lowest BCUT2D eigenvalue weighted by Crippen LogP contribution is -2.23. The number of rotatable bonds is 7. The quantitative estimate of drug-likeness (QED) is 0.809. The van der Waals surface area contributed by atoms with Crippen LogP contribution in [0.1, 0.15) is 36.2 Å². The van der Waals surface area contributed by atoms with Crippen molar-refractivity contribution in [2.24, 2.45) is 5.92 Å². The number of nitrogens with zero attached hydrogens (tertiary/aromatic N) is 1. The van der Waals surface area contributed by atoms with E-state index in [-0.39, 0.29) is 12.7 Å². The summed E-state index contributed by atoms with van der Waals surface area (Å²) in [5, 5.41) is 6.17. The van der Waals surface area contributed by atoms with Crippen LogP contribution in [0.5, 0.6) is 11.5 Å². The first-order chi connectivity index (χ1) is 12.1. The Morgan fingerprint density at radius 3 is 2.88 bits per heavy atom. The number of pyridine rings is 1. The van der Waals surface area contributed by atoms with E-state index in [4.69, 9.17) is 9.47 Å². The van der Waals surface area contributed by atoms with Gasteiger partial charge in [-0.15, -0.1) is 0 Å². The summed E-state index contributed by atoms with van der Waals surface area (Å²) < 4.78 is 10.6. The second kappa shape index (κ2) is 7.88. The van der Waals surface area contributed by atoms with E-state index in [0.717, 1.165) is 30.1 Å². The lowest BCUT2D eigenvalue weighted by molar-refractivity contribution is 0.0950. The lowest BCUT2D eigenvalue weighted by atomic mass is 10.1. The van der Waals surface area contributed by atoms with Gasteiger partial charge in [0.2, 0.25) is 6.79 Å². The molecule has 132 valence electrons. The van der Waals surface area contributed by atoms with E-state index in [1.165, 1.54) is 0 Å². The molecule has 2 heterocycles. The molecule has 1 aliphatic heterocycles. The summed E-state index contributed by atoms with van der Waals surface area (Å²) in [4.78, 5) is 16.6. The van der Waals surface area contributed by atoms with Crippen LogP contribution in [0.4, 0.5) is 5.82 Å². The molecular formula is C19H23N3O3. The van der Waals surface area contributed by atoms with Crippen molar-refractivity contribution in [1.82, 2.24) is 10.3 Å². The number of amides is 1. The third-order valence-corrected chi connectivity index (χ3v) is 3.94. The number of anilines is 1. The third-order valence-electron chi connectivity index (χ3n) is 3.94. The lowest BCUT2D eigenvalue weighted by Gasteiger charge is -2.09. The molecule has 2 aromatic rings. The zero-order valence-electron chi connectivity index (χ0n) is 14.5. The number of hydrogen-bond acceptors (Lipinski definition) is 5. The number of nitrogens with one attached hydrogen (secondary N) is 2. The Kier molecular flexibility index (Phi) is 5.38. The van der Waals surface area contributed by atoms with Crippen LogP contribution >= 0.6 is 0 Å². The van der Waals surface area contributed by atoms with Crippen LogP contribution in [0.25, 0.3) is 0 Å². The summed E-state index contributed by atoms with van der Waals surface area (Å²) in [6.45, 7) is 5.86. The van der Waals surface area contributed by atoms with E-state index in [1.54, 1.807) is 18.3 Å². The number of benzene rings is 1. The van der Waals surface area contributed by atoms with Crippen LogP contribution < -0.4 is 20.1 Å². The minimum absolute atomic E-state index is 0.132. The molecule has 2 N–H and O–H groups in total. The van der Waals surface area contributed by atoms with Gasteiger partial charge in [-0.25, -0.2) is 4.98 Å². The predicted octanol–water partition coefficient (Wildman–Crippen LogP) is 3.20. The molecule has 1 amide bonds. The van der Waals surface area contributed by atoms with Gasteiger partial charge in [0.05, 0.1) is 0 Å². The zero-order valence-corrected chi connectivity index (χ0v) is 14.5. The van der Waals surface area contributed by atoms with Gasteiger partial charge >= 0.3 is 0 Å². The fraction of sp³-hybridized carbons (Fsp3) is 0.368. The van der Waals surface area contributed by atoms with Crippen molar-refractivity contribution < 1.29 is 14.3 Å². The SMILES string of the molecule is CC(C)CCNc1cc(C(=O)NCc2ccc3c(c2)OCO3)ccn1. The van der Waals surface area contributed by atoms with Crippen molar-refractivity contribution in [1.29, 1.82) is 0 Å². The molecule has 0 radical (unpaired) electrons. The molecule has 1 aromatic carbocycles. The average Bonchev–Trinajstić information content (AvgIpc) is 3.07. The van der Waals surface area contributed by atoms with Gasteiger partial charge in [-0.1, -0.05) is 19.9 Å². The highest BCUT2D eigenvalue weighted by molar-refractivity contribution is 5.94. The average molecular weight is 341 g/mol. The summed E-state index contributed by atoms with van der Waals surface area (Å²) in [6.07, 6.45) is 2.70. The van der Waals surface area contributed by atoms with Gasteiger partial charge in [0.15, 0.2) is 11.5 Å². The molecule has 0 atom stereocenters. The molecule has 1 aromatic heterocycles. The highest BCUT2D eigenvalue weighted by atomic mass is 16.7. The Balaban J connectivity index is 1.56. The van der Waals surface area contributed by atoms with Gasteiger partial charge in [-0.2, -0.15) is 0 Å². The zero-order chi connectivity index (χ0) is 17.6. The summed E-state index contributed by atoms with van der Waals surface area (Å²) in [7, 11) is 0. The number of fused-ring (bicyclic) bond motifs is 1. The number of aromatic nitrogens is 1. The monoisotopic (exact) mass is 341 g/mol. The Morgan fingerprint density at radius 1 is 1.20 bits per heavy atom. The van der Waals surface area contributed by atoms with E-state index in [1.807, 2.05) is 18.2 Å². The van der Waals surface area contributed by atoms with Crippen molar-refractivity contribution in [2.45, 2.75) is 26.8 Å². The summed E-state index contributed by atoms with van der Waals surface area (Å²) in [5.41, 5.74) is 1.55. The van der Waals surface area contributed by atoms with E-state index in [2.05, 4.69) is 29.5 Å². The molecular weight excluding hydrogens is 318 g/mol. The van der Waals surface area contributed by atoms with Gasteiger partial charge in [-0.05, 0) is 42.2 Å².